The molecular formula is C28H25N3O6. The number of methoxy groups -OCH3 is 1. The number of carbonyl (C=O) groups is 1. The summed E-state index contributed by atoms with van der Waals surface area (Å²) in [5.74, 6) is 1.70. The van der Waals surface area contributed by atoms with Crippen molar-refractivity contribution in [3.05, 3.63) is 117 Å². The van der Waals surface area contributed by atoms with Crippen molar-refractivity contribution >= 4 is 17.3 Å². The molecule has 0 saturated heterocycles. The van der Waals surface area contributed by atoms with Crippen LogP contribution in [0.15, 0.2) is 83.5 Å². The highest BCUT2D eigenvalue weighted by Gasteiger charge is 2.33. The number of ether oxygens (including phenoxy) is 2. The number of benzene rings is 3. The number of furan rings is 1. The quantitative estimate of drug-likeness (QED) is 0.239. The van der Waals surface area contributed by atoms with Crippen molar-refractivity contribution in [1.82, 2.24) is 4.90 Å². The third-order valence-corrected chi connectivity index (χ3v) is 6.31. The molecule has 0 unspecified atom stereocenters. The third-order valence-electron chi connectivity index (χ3n) is 6.31. The van der Waals surface area contributed by atoms with Gasteiger partial charge >= 0.3 is 0 Å². The van der Waals surface area contributed by atoms with E-state index in [1.165, 1.54) is 6.07 Å². The van der Waals surface area contributed by atoms with Crippen molar-refractivity contribution < 1.29 is 23.6 Å². The van der Waals surface area contributed by atoms with Crippen LogP contribution in [0.5, 0.6) is 11.5 Å². The molecule has 0 fully saturated rings. The number of aryl methyl sites for hydroxylation is 1. The topological polar surface area (TPSA) is 107 Å². The van der Waals surface area contributed by atoms with Crippen molar-refractivity contribution in [3.8, 4) is 11.5 Å². The first kappa shape index (κ1) is 23.9. The number of anilines is 1. The van der Waals surface area contributed by atoms with Gasteiger partial charge in [-0.3, -0.25) is 14.9 Å². The first-order chi connectivity index (χ1) is 17.9. The van der Waals surface area contributed by atoms with Gasteiger partial charge in [-0.15, -0.1) is 0 Å². The maximum atomic E-state index is 13.5. The summed E-state index contributed by atoms with van der Waals surface area (Å²) in [4.78, 5) is 25.9. The predicted molar refractivity (Wildman–Crippen MR) is 137 cm³/mol. The molecule has 1 aromatic heterocycles. The van der Waals surface area contributed by atoms with Crippen molar-refractivity contribution in [2.75, 3.05) is 12.4 Å². The number of nitro benzene ring substituents is 1. The molecule has 1 aliphatic rings. The van der Waals surface area contributed by atoms with Crippen LogP contribution in [0.2, 0.25) is 0 Å². The minimum Gasteiger partial charge on any atom is -0.496 e. The Morgan fingerprint density at radius 2 is 1.92 bits per heavy atom. The Labute approximate surface area is 213 Å². The van der Waals surface area contributed by atoms with Crippen LogP contribution in [0.1, 0.15) is 39.0 Å². The summed E-state index contributed by atoms with van der Waals surface area (Å²) < 4.78 is 17.1. The van der Waals surface area contributed by atoms with Crippen LogP contribution in [0.3, 0.4) is 0 Å². The molecule has 9 nitrogen and oxygen atoms in total. The number of amides is 1. The lowest BCUT2D eigenvalue weighted by Gasteiger charge is -2.38. The SMILES string of the molecule is COc1ccc([C@@H]2Nc3ccccc3C(=O)N2Cc2ccco2)cc1COc1ccc([N+](=O)[O-])c(C)c1. The molecule has 37 heavy (non-hydrogen) atoms. The number of carbonyl (C=O) groups excluding carboxylic acids is 1. The second-order valence-electron chi connectivity index (χ2n) is 8.67. The lowest BCUT2D eigenvalue weighted by atomic mass is 10.0. The zero-order valence-electron chi connectivity index (χ0n) is 20.3. The Morgan fingerprint density at radius 3 is 2.65 bits per heavy atom. The van der Waals surface area contributed by atoms with Crippen molar-refractivity contribution in [1.29, 1.82) is 0 Å². The van der Waals surface area contributed by atoms with Crippen molar-refractivity contribution in [2.45, 2.75) is 26.2 Å². The molecule has 0 aliphatic carbocycles. The number of rotatable bonds is 8. The number of hydrogen-bond donors (Lipinski definition) is 1. The molecule has 1 atom stereocenters. The van der Waals surface area contributed by atoms with E-state index in [2.05, 4.69) is 5.32 Å². The van der Waals surface area contributed by atoms with E-state index >= 15 is 0 Å². The van der Waals surface area contributed by atoms with E-state index in [9.17, 15) is 14.9 Å². The summed E-state index contributed by atoms with van der Waals surface area (Å²) >= 11 is 0. The normalized spacial score (nSPS) is 14.6. The number of nitrogens with one attached hydrogen (secondary N) is 1. The Morgan fingerprint density at radius 1 is 1.08 bits per heavy atom. The monoisotopic (exact) mass is 499 g/mol. The highest BCUT2D eigenvalue weighted by atomic mass is 16.6. The maximum Gasteiger partial charge on any atom is 0.272 e. The van der Waals surface area contributed by atoms with Crippen LogP contribution in [0.4, 0.5) is 11.4 Å². The van der Waals surface area contributed by atoms with E-state index in [-0.39, 0.29) is 24.7 Å². The van der Waals surface area contributed by atoms with Crippen LogP contribution >= 0.6 is 0 Å². The Kier molecular flexibility index (Phi) is 6.51. The second kappa shape index (κ2) is 10.1. The lowest BCUT2D eigenvalue weighted by Crippen LogP contribution is -2.42. The fraction of sp³-hybridized carbons (Fsp3) is 0.179. The highest BCUT2D eigenvalue weighted by molar-refractivity contribution is 6.01. The summed E-state index contributed by atoms with van der Waals surface area (Å²) in [5, 5.41) is 14.6. The fourth-order valence-electron chi connectivity index (χ4n) is 4.45. The van der Waals surface area contributed by atoms with Crippen LogP contribution in [-0.4, -0.2) is 22.8 Å². The van der Waals surface area contributed by atoms with E-state index in [4.69, 9.17) is 13.9 Å². The molecule has 0 spiro atoms. The first-order valence-electron chi connectivity index (χ1n) is 11.7. The maximum absolute atomic E-state index is 13.5. The van der Waals surface area contributed by atoms with Gasteiger partial charge in [0.15, 0.2) is 0 Å². The molecule has 5 rings (SSSR count). The smallest absolute Gasteiger partial charge is 0.272 e. The average molecular weight is 500 g/mol. The summed E-state index contributed by atoms with van der Waals surface area (Å²) in [7, 11) is 1.58. The standard InChI is InChI=1S/C28H25N3O6/c1-18-14-21(10-11-25(18)31(33)34)37-17-20-15-19(9-12-26(20)35-2)27-29-24-8-4-3-7-23(24)28(32)30(27)16-22-6-5-13-36-22/h3-15,27,29H,16-17H2,1-2H3/t27-/m1/s1. The average Bonchev–Trinajstić information content (AvgIpc) is 3.42. The van der Waals surface area contributed by atoms with Gasteiger partial charge in [0.25, 0.3) is 11.6 Å². The number of nitro groups is 1. The van der Waals surface area contributed by atoms with Gasteiger partial charge in [-0.1, -0.05) is 18.2 Å². The van der Waals surface area contributed by atoms with Gasteiger partial charge in [0, 0.05) is 22.9 Å². The van der Waals surface area contributed by atoms with Crippen molar-refractivity contribution in [3.63, 3.8) is 0 Å². The second-order valence-corrected chi connectivity index (χ2v) is 8.67. The summed E-state index contributed by atoms with van der Waals surface area (Å²) in [6, 6.07) is 21.4. The van der Waals surface area contributed by atoms with Crippen LogP contribution < -0.4 is 14.8 Å². The molecule has 0 saturated carbocycles. The van der Waals surface area contributed by atoms with Gasteiger partial charge in [-0.25, -0.2) is 0 Å². The molecule has 1 amide bonds. The largest absolute Gasteiger partial charge is 0.496 e. The molecule has 1 aliphatic heterocycles. The molecule has 3 aromatic carbocycles. The van der Waals surface area contributed by atoms with Gasteiger partial charge < -0.3 is 24.1 Å². The minimum absolute atomic E-state index is 0.0388. The van der Waals surface area contributed by atoms with Gasteiger partial charge in [0.1, 0.15) is 30.0 Å². The predicted octanol–water partition coefficient (Wildman–Crippen LogP) is 5.85. The van der Waals surface area contributed by atoms with Crippen molar-refractivity contribution in [2.24, 2.45) is 0 Å². The van der Waals surface area contributed by atoms with Gasteiger partial charge in [-0.2, -0.15) is 0 Å². The molecule has 188 valence electrons. The van der Waals surface area contributed by atoms with Gasteiger partial charge in [0.2, 0.25) is 0 Å². The van der Waals surface area contributed by atoms with Crippen LogP contribution in [0, 0.1) is 17.0 Å². The number of para-hydroxylation sites is 1. The Hall–Kier alpha value is -4.79. The number of nitrogens with zero attached hydrogens (tertiary/aromatic N) is 2. The zero-order valence-corrected chi connectivity index (χ0v) is 20.3. The van der Waals surface area contributed by atoms with E-state index < -0.39 is 11.1 Å². The Bertz CT molecular complexity index is 1450. The summed E-state index contributed by atoms with van der Waals surface area (Å²) in [6.07, 6.45) is 1.13. The highest BCUT2D eigenvalue weighted by Crippen LogP contribution is 2.36. The van der Waals surface area contributed by atoms with Crippen LogP contribution in [0.25, 0.3) is 0 Å². The van der Waals surface area contributed by atoms with Crippen LogP contribution in [-0.2, 0) is 13.2 Å². The van der Waals surface area contributed by atoms with E-state index in [1.54, 1.807) is 49.5 Å². The number of fused-ring (bicyclic) bond motifs is 1. The van der Waals surface area contributed by atoms with E-state index in [1.807, 2.05) is 42.5 Å². The first-order valence-corrected chi connectivity index (χ1v) is 11.7. The summed E-state index contributed by atoms with van der Waals surface area (Å²) in [6.45, 7) is 2.13. The molecule has 0 radical (unpaired) electrons. The molecule has 2 heterocycles. The molecule has 4 aromatic rings. The Balaban J connectivity index is 1.45. The summed E-state index contributed by atoms with van der Waals surface area (Å²) in [5.41, 5.74) is 3.51. The molecule has 9 heteroatoms. The number of hydrogen-bond acceptors (Lipinski definition) is 7. The molecule has 1 N–H and O–H groups in total. The fourth-order valence-corrected chi connectivity index (χ4v) is 4.45. The van der Waals surface area contributed by atoms with Gasteiger partial charge in [-0.05, 0) is 61.0 Å². The minimum atomic E-state index is -0.459. The molecule has 0 bridgehead atoms. The van der Waals surface area contributed by atoms with E-state index in [0.717, 1.165) is 16.8 Å². The van der Waals surface area contributed by atoms with Gasteiger partial charge in [0.05, 0.1) is 30.4 Å². The lowest BCUT2D eigenvalue weighted by molar-refractivity contribution is -0.385. The zero-order chi connectivity index (χ0) is 25.9. The third kappa shape index (κ3) is 4.84. The molecular weight excluding hydrogens is 474 g/mol. The van der Waals surface area contributed by atoms with E-state index in [0.29, 0.717) is 28.4 Å².